The van der Waals surface area contributed by atoms with Crippen molar-refractivity contribution in [2.75, 3.05) is 0 Å². The van der Waals surface area contributed by atoms with Crippen LogP contribution >= 0.6 is 0 Å². The van der Waals surface area contributed by atoms with Gasteiger partial charge in [-0.25, -0.2) is 0 Å². The fourth-order valence-corrected chi connectivity index (χ4v) is 1.32. The van der Waals surface area contributed by atoms with E-state index in [4.69, 9.17) is 0 Å². The van der Waals surface area contributed by atoms with Crippen LogP contribution in [0.25, 0.3) is 5.57 Å². The highest BCUT2D eigenvalue weighted by molar-refractivity contribution is 5.63. The molecule has 1 aromatic rings. The summed E-state index contributed by atoms with van der Waals surface area (Å²) in [6.07, 6.45) is 0.960. The fourth-order valence-electron chi connectivity index (χ4n) is 1.32. The summed E-state index contributed by atoms with van der Waals surface area (Å²) in [5.74, 6) is 0. The first kappa shape index (κ1) is 11.0. The molecule has 0 aromatic heterocycles. The van der Waals surface area contributed by atoms with Gasteiger partial charge in [-0.05, 0) is 37.0 Å². The van der Waals surface area contributed by atoms with Crippen molar-refractivity contribution in [1.82, 2.24) is 0 Å². The van der Waals surface area contributed by atoms with Crippen LogP contribution in [0.5, 0.6) is 0 Å². The van der Waals surface area contributed by atoms with Crippen LogP contribution in [0.3, 0.4) is 0 Å². The van der Waals surface area contributed by atoms with E-state index in [0.29, 0.717) is 0 Å². The van der Waals surface area contributed by atoms with Crippen LogP contribution in [-0.2, 0) is 5.60 Å². The summed E-state index contributed by atoms with van der Waals surface area (Å²) in [4.78, 5) is 0. The molecule has 0 aliphatic heterocycles. The van der Waals surface area contributed by atoms with Gasteiger partial charge in [-0.15, -0.1) is 0 Å². The Morgan fingerprint density at radius 3 is 2.14 bits per heavy atom. The molecule has 0 saturated heterocycles. The molecule has 14 heavy (non-hydrogen) atoms. The maximum atomic E-state index is 9.75. The molecule has 0 heterocycles. The predicted molar refractivity (Wildman–Crippen MR) is 61.0 cm³/mol. The molecule has 1 rings (SSSR count). The molecular formula is C13H18O. The van der Waals surface area contributed by atoms with Crippen LogP contribution in [0.2, 0.25) is 0 Å². The van der Waals surface area contributed by atoms with Crippen LogP contribution in [0, 0.1) is 0 Å². The number of aliphatic hydroxyl groups is 1. The Balaban J connectivity index is 2.95. The molecule has 0 aliphatic carbocycles. The average molecular weight is 190 g/mol. The van der Waals surface area contributed by atoms with Gasteiger partial charge < -0.3 is 5.11 Å². The lowest BCUT2D eigenvalue weighted by molar-refractivity contribution is 0.0786. The topological polar surface area (TPSA) is 20.2 Å². The second-order valence-electron chi connectivity index (χ2n) is 4.09. The van der Waals surface area contributed by atoms with Gasteiger partial charge in [-0.1, -0.05) is 37.8 Å². The largest absolute Gasteiger partial charge is 0.386 e. The Hall–Kier alpha value is -1.08. The van der Waals surface area contributed by atoms with Gasteiger partial charge in [0.1, 0.15) is 0 Å². The molecule has 0 spiro atoms. The smallest absolute Gasteiger partial charge is 0.0840 e. The minimum absolute atomic E-state index is 0.758. The highest BCUT2D eigenvalue weighted by atomic mass is 16.3. The third-order valence-electron chi connectivity index (χ3n) is 2.43. The van der Waals surface area contributed by atoms with E-state index in [9.17, 15) is 5.11 Å². The molecule has 76 valence electrons. The Morgan fingerprint density at radius 2 is 1.79 bits per heavy atom. The first-order valence-electron chi connectivity index (χ1n) is 4.96. The monoisotopic (exact) mass is 190 g/mol. The molecular weight excluding hydrogens is 172 g/mol. The Labute approximate surface area is 86.1 Å². The maximum absolute atomic E-state index is 9.75. The second-order valence-corrected chi connectivity index (χ2v) is 4.09. The minimum atomic E-state index is -0.758. The molecule has 0 radical (unpaired) electrons. The van der Waals surface area contributed by atoms with Crippen LogP contribution in [-0.4, -0.2) is 5.11 Å². The summed E-state index contributed by atoms with van der Waals surface area (Å²) >= 11 is 0. The van der Waals surface area contributed by atoms with Crippen LogP contribution < -0.4 is 0 Å². The van der Waals surface area contributed by atoms with Gasteiger partial charge >= 0.3 is 0 Å². The van der Waals surface area contributed by atoms with Gasteiger partial charge in [0, 0.05) is 0 Å². The van der Waals surface area contributed by atoms with E-state index in [2.05, 4.69) is 13.5 Å². The zero-order chi connectivity index (χ0) is 10.8. The quantitative estimate of drug-likeness (QED) is 0.775. The normalized spacial score (nSPS) is 11.4. The van der Waals surface area contributed by atoms with Gasteiger partial charge in [0.25, 0.3) is 0 Å². The summed E-state index contributed by atoms with van der Waals surface area (Å²) in [6, 6.07) is 7.94. The van der Waals surface area contributed by atoms with Crippen molar-refractivity contribution in [1.29, 1.82) is 0 Å². The summed E-state index contributed by atoms with van der Waals surface area (Å²) in [5.41, 5.74) is 2.46. The highest BCUT2D eigenvalue weighted by Crippen LogP contribution is 2.22. The highest BCUT2D eigenvalue weighted by Gasteiger charge is 2.14. The van der Waals surface area contributed by atoms with Crippen molar-refractivity contribution < 1.29 is 5.11 Å². The Bertz CT molecular complexity index is 314. The fraction of sp³-hybridized carbons (Fsp3) is 0.385. The van der Waals surface area contributed by atoms with E-state index in [1.54, 1.807) is 13.8 Å². The van der Waals surface area contributed by atoms with E-state index >= 15 is 0 Å². The van der Waals surface area contributed by atoms with Crippen molar-refractivity contribution in [3.63, 3.8) is 0 Å². The number of allylic oxidation sites excluding steroid dienone is 1. The Morgan fingerprint density at radius 1 is 1.29 bits per heavy atom. The number of hydrogen-bond donors (Lipinski definition) is 1. The third kappa shape index (κ3) is 2.46. The number of rotatable bonds is 3. The van der Waals surface area contributed by atoms with Crippen molar-refractivity contribution in [3.05, 3.63) is 42.0 Å². The van der Waals surface area contributed by atoms with Crippen molar-refractivity contribution in [2.45, 2.75) is 32.8 Å². The van der Waals surface area contributed by atoms with E-state index in [1.807, 2.05) is 24.3 Å². The molecule has 1 aromatic carbocycles. The molecule has 0 aliphatic rings. The molecule has 1 heteroatoms. The first-order valence-corrected chi connectivity index (χ1v) is 4.96. The third-order valence-corrected chi connectivity index (χ3v) is 2.43. The van der Waals surface area contributed by atoms with E-state index in [0.717, 1.165) is 23.1 Å². The summed E-state index contributed by atoms with van der Waals surface area (Å²) in [5, 5.41) is 9.75. The number of hydrogen-bond acceptors (Lipinski definition) is 1. The lowest BCUT2D eigenvalue weighted by Gasteiger charge is -2.18. The van der Waals surface area contributed by atoms with E-state index < -0.39 is 5.60 Å². The molecule has 0 bridgehead atoms. The van der Waals surface area contributed by atoms with Crippen LogP contribution in [0.15, 0.2) is 30.8 Å². The van der Waals surface area contributed by atoms with Crippen molar-refractivity contribution >= 4 is 5.57 Å². The molecule has 0 unspecified atom stereocenters. The minimum Gasteiger partial charge on any atom is -0.386 e. The zero-order valence-corrected chi connectivity index (χ0v) is 9.17. The zero-order valence-electron chi connectivity index (χ0n) is 9.17. The lowest BCUT2D eigenvalue weighted by atomic mass is 9.95. The SMILES string of the molecule is C=C(CC)c1ccc(C(C)(C)O)cc1. The molecule has 1 nitrogen and oxygen atoms in total. The van der Waals surface area contributed by atoms with Gasteiger partial charge in [-0.2, -0.15) is 0 Å². The van der Waals surface area contributed by atoms with Crippen molar-refractivity contribution in [2.24, 2.45) is 0 Å². The Kier molecular flexibility index (Phi) is 3.12. The first-order chi connectivity index (χ1) is 6.45. The van der Waals surface area contributed by atoms with Gasteiger partial charge in [0.15, 0.2) is 0 Å². The lowest BCUT2D eigenvalue weighted by Crippen LogP contribution is -2.15. The van der Waals surface area contributed by atoms with Crippen LogP contribution in [0.4, 0.5) is 0 Å². The number of benzene rings is 1. The second kappa shape index (κ2) is 3.97. The molecule has 0 saturated carbocycles. The maximum Gasteiger partial charge on any atom is 0.0840 e. The van der Waals surface area contributed by atoms with Gasteiger partial charge in [-0.3, -0.25) is 0 Å². The molecule has 1 N–H and O–H groups in total. The summed E-state index contributed by atoms with van der Waals surface area (Å²) in [6.45, 7) is 9.64. The summed E-state index contributed by atoms with van der Waals surface area (Å²) in [7, 11) is 0. The standard InChI is InChI=1S/C13H18O/c1-5-10(2)11-6-8-12(9-7-11)13(3,4)14/h6-9,14H,2,5H2,1,3-4H3. The molecule has 0 amide bonds. The molecule has 0 fully saturated rings. The predicted octanol–water partition coefficient (Wildman–Crippen LogP) is 3.34. The summed E-state index contributed by atoms with van der Waals surface area (Å²) < 4.78 is 0. The van der Waals surface area contributed by atoms with Crippen molar-refractivity contribution in [3.8, 4) is 0 Å². The average Bonchev–Trinajstić information content (AvgIpc) is 2.15. The van der Waals surface area contributed by atoms with E-state index in [1.165, 1.54) is 0 Å². The van der Waals surface area contributed by atoms with Gasteiger partial charge in [0.05, 0.1) is 5.60 Å². The molecule has 0 atom stereocenters. The van der Waals surface area contributed by atoms with Gasteiger partial charge in [0.2, 0.25) is 0 Å². The van der Waals surface area contributed by atoms with E-state index in [-0.39, 0.29) is 0 Å². The van der Waals surface area contributed by atoms with Crippen LogP contribution in [0.1, 0.15) is 38.3 Å².